The summed E-state index contributed by atoms with van der Waals surface area (Å²) in [5.41, 5.74) is -6.81. The Labute approximate surface area is 232 Å². The third-order valence-corrected chi connectivity index (χ3v) is 7.17. The van der Waals surface area contributed by atoms with E-state index in [-0.39, 0.29) is 21.9 Å². The minimum Gasteiger partial charge on any atom is -0.478 e. The minimum atomic E-state index is -5.21. The van der Waals surface area contributed by atoms with E-state index in [1.54, 1.807) is 0 Å². The molecule has 0 aliphatic rings. The molecule has 2 unspecified atom stereocenters. The number of carboxylic acid groups (broad SMARTS) is 1. The summed E-state index contributed by atoms with van der Waals surface area (Å²) < 4.78 is 91.1. The van der Waals surface area contributed by atoms with Crippen LogP contribution in [0.15, 0.2) is 53.5 Å². The van der Waals surface area contributed by atoms with E-state index < -0.39 is 58.1 Å². The fraction of sp³-hybridized carbons (Fsp3) is 0.269. The number of aryl methyl sites for hydroxylation is 2. The maximum atomic E-state index is 14.5. The van der Waals surface area contributed by atoms with Gasteiger partial charge < -0.3 is 14.9 Å². The molecule has 0 bridgehead atoms. The maximum absolute atomic E-state index is 14.5. The van der Waals surface area contributed by atoms with Crippen molar-refractivity contribution in [2.75, 3.05) is 0 Å². The smallest absolute Gasteiger partial charge is 0.422 e. The predicted octanol–water partition coefficient (Wildman–Crippen LogP) is 5.99. The Bertz CT molecular complexity index is 1730. The number of hydrogen-bond donors (Lipinski definition) is 2. The predicted molar refractivity (Wildman–Crippen MR) is 134 cm³/mol. The summed E-state index contributed by atoms with van der Waals surface area (Å²) in [6, 6.07) is 7.01. The number of rotatable bonds is 6. The van der Waals surface area contributed by atoms with Crippen molar-refractivity contribution in [2.24, 2.45) is 14.1 Å². The fourth-order valence-corrected chi connectivity index (χ4v) is 4.90. The van der Waals surface area contributed by atoms with Gasteiger partial charge in [-0.25, -0.2) is 14.6 Å². The van der Waals surface area contributed by atoms with Crippen LogP contribution in [0.3, 0.4) is 0 Å². The van der Waals surface area contributed by atoms with Gasteiger partial charge in [0.25, 0.3) is 0 Å². The van der Waals surface area contributed by atoms with Crippen molar-refractivity contribution in [3.63, 3.8) is 0 Å². The number of aromatic carboxylic acids is 1. The first-order chi connectivity index (χ1) is 18.9. The summed E-state index contributed by atoms with van der Waals surface area (Å²) in [6.07, 6.45) is -9.79. The highest BCUT2D eigenvalue weighted by Crippen LogP contribution is 2.50. The fourth-order valence-electron chi connectivity index (χ4n) is 4.57. The highest BCUT2D eigenvalue weighted by atomic mass is 35.5. The first-order valence-electron chi connectivity index (χ1n) is 11.6. The van der Waals surface area contributed by atoms with Gasteiger partial charge in [-0.3, -0.25) is 9.13 Å². The lowest BCUT2D eigenvalue weighted by Gasteiger charge is -2.37. The SMILES string of the molecule is CC(c1ccc(Oc2cc(C(F)(F)F)c(C(=O)O)cn2)cc1Cl)C(O)(c1ccc2c(c1)n(C)c(=O)n2C)C(F)(F)F. The molecule has 4 aromatic rings. The Morgan fingerprint density at radius 3 is 2.20 bits per heavy atom. The molecule has 0 fully saturated rings. The number of aliphatic hydroxyl groups is 1. The second-order valence-corrected chi connectivity index (χ2v) is 9.65. The Balaban J connectivity index is 1.73. The average Bonchev–Trinajstić information content (AvgIpc) is 3.10. The van der Waals surface area contributed by atoms with Crippen LogP contribution in [0.1, 0.15) is 39.9 Å². The number of benzene rings is 2. The van der Waals surface area contributed by atoms with Gasteiger partial charge >= 0.3 is 24.0 Å². The Morgan fingerprint density at radius 1 is 1.00 bits per heavy atom. The van der Waals surface area contributed by atoms with Crippen LogP contribution in [0.25, 0.3) is 11.0 Å². The van der Waals surface area contributed by atoms with Gasteiger partial charge in [0.15, 0.2) is 5.60 Å². The number of imidazole rings is 1. The van der Waals surface area contributed by atoms with Crippen LogP contribution in [-0.2, 0) is 25.9 Å². The molecule has 2 atom stereocenters. The standard InChI is InChI=1S/C26H20ClF6N3O5/c1-12(24(40,26(31,32)33)13-4-7-19-20(8-13)36(3)23(39)35(19)2)15-6-5-14(9-18(15)27)41-21-10-17(25(28,29)30)16(11-34-21)22(37)38/h4-12,40H,1-3H3,(H,37,38). The normalized spacial score (nSPS) is 14.6. The van der Waals surface area contributed by atoms with E-state index in [0.717, 1.165) is 41.8 Å². The molecule has 0 saturated carbocycles. The number of carboxylic acids is 1. The Morgan fingerprint density at radius 2 is 1.63 bits per heavy atom. The lowest BCUT2D eigenvalue weighted by Crippen LogP contribution is -2.46. The minimum absolute atomic E-state index is 0.152. The summed E-state index contributed by atoms with van der Waals surface area (Å²) in [4.78, 5) is 26.9. The largest absolute Gasteiger partial charge is 0.478 e. The second kappa shape index (κ2) is 10.1. The van der Waals surface area contributed by atoms with Crippen LogP contribution in [0.4, 0.5) is 26.3 Å². The first-order valence-corrected chi connectivity index (χ1v) is 12.0. The number of pyridine rings is 1. The molecule has 0 spiro atoms. The van der Waals surface area contributed by atoms with Crippen LogP contribution in [0.2, 0.25) is 5.02 Å². The summed E-state index contributed by atoms with van der Waals surface area (Å²) >= 11 is 6.26. The van der Waals surface area contributed by atoms with Crippen molar-refractivity contribution in [1.29, 1.82) is 0 Å². The molecule has 4 rings (SSSR count). The lowest BCUT2D eigenvalue weighted by atomic mass is 9.77. The lowest BCUT2D eigenvalue weighted by molar-refractivity contribution is -0.274. The number of nitrogens with zero attached hydrogens (tertiary/aromatic N) is 3. The molecule has 0 saturated heterocycles. The number of carbonyl (C=O) groups is 1. The Kier molecular flexibility index (Phi) is 7.37. The highest BCUT2D eigenvalue weighted by molar-refractivity contribution is 6.31. The monoisotopic (exact) mass is 603 g/mol. The number of alkyl halides is 6. The number of aromatic nitrogens is 3. The van der Waals surface area contributed by atoms with E-state index in [4.69, 9.17) is 21.4 Å². The van der Waals surface area contributed by atoms with Crippen molar-refractivity contribution < 1.29 is 46.1 Å². The van der Waals surface area contributed by atoms with Gasteiger partial charge in [-0.15, -0.1) is 0 Å². The number of hydrogen-bond acceptors (Lipinski definition) is 5. The molecule has 2 heterocycles. The first kappa shape index (κ1) is 29.9. The third kappa shape index (κ3) is 5.12. The molecule has 0 radical (unpaired) electrons. The van der Waals surface area contributed by atoms with E-state index in [2.05, 4.69) is 4.98 Å². The van der Waals surface area contributed by atoms with Gasteiger partial charge in [-0.05, 0) is 35.4 Å². The van der Waals surface area contributed by atoms with Gasteiger partial charge in [-0.1, -0.05) is 30.7 Å². The summed E-state index contributed by atoms with van der Waals surface area (Å²) in [5, 5.41) is 19.9. The van der Waals surface area contributed by atoms with Crippen LogP contribution in [0, 0.1) is 0 Å². The van der Waals surface area contributed by atoms with Crippen LogP contribution >= 0.6 is 11.6 Å². The van der Waals surface area contributed by atoms with Crippen molar-refractivity contribution >= 4 is 28.6 Å². The van der Waals surface area contributed by atoms with E-state index >= 15 is 0 Å². The van der Waals surface area contributed by atoms with Crippen LogP contribution in [0.5, 0.6) is 11.6 Å². The number of ether oxygens (including phenoxy) is 1. The summed E-state index contributed by atoms with van der Waals surface area (Å²) in [5.74, 6) is -4.44. The van der Waals surface area contributed by atoms with E-state index in [9.17, 15) is 41.0 Å². The van der Waals surface area contributed by atoms with E-state index in [1.165, 1.54) is 24.7 Å². The topological polar surface area (TPSA) is 107 Å². The van der Waals surface area contributed by atoms with E-state index in [1.807, 2.05) is 0 Å². The number of fused-ring (bicyclic) bond motifs is 1. The van der Waals surface area contributed by atoms with Crippen molar-refractivity contribution in [3.05, 3.63) is 86.4 Å². The molecule has 2 N–H and O–H groups in total. The van der Waals surface area contributed by atoms with Crippen LogP contribution in [-0.4, -0.2) is 36.5 Å². The molecule has 0 aliphatic carbocycles. The van der Waals surface area contributed by atoms with Crippen molar-refractivity contribution in [2.45, 2.75) is 30.8 Å². The molecule has 8 nitrogen and oxygen atoms in total. The molecule has 2 aromatic carbocycles. The van der Waals surface area contributed by atoms with Crippen molar-refractivity contribution in [3.8, 4) is 11.6 Å². The molecule has 2 aromatic heterocycles. The van der Waals surface area contributed by atoms with Gasteiger partial charge in [0.1, 0.15) is 5.75 Å². The molecule has 41 heavy (non-hydrogen) atoms. The molecule has 0 aliphatic heterocycles. The molecular formula is C26H20ClF6N3O5. The highest BCUT2D eigenvalue weighted by Gasteiger charge is 2.59. The number of halogens is 7. The summed E-state index contributed by atoms with van der Waals surface area (Å²) in [7, 11) is 2.83. The van der Waals surface area contributed by atoms with Crippen LogP contribution < -0.4 is 10.4 Å². The molecule has 218 valence electrons. The molecule has 15 heteroatoms. The Hall–Kier alpha value is -4.04. The van der Waals surface area contributed by atoms with E-state index in [0.29, 0.717) is 17.8 Å². The summed E-state index contributed by atoms with van der Waals surface area (Å²) in [6.45, 7) is 1.09. The maximum Gasteiger partial charge on any atom is 0.422 e. The quantitative estimate of drug-likeness (QED) is 0.262. The van der Waals surface area contributed by atoms with Gasteiger partial charge in [0, 0.05) is 37.3 Å². The van der Waals surface area contributed by atoms with Gasteiger partial charge in [0.05, 0.1) is 22.2 Å². The van der Waals surface area contributed by atoms with Gasteiger partial charge in [-0.2, -0.15) is 26.3 Å². The van der Waals surface area contributed by atoms with Gasteiger partial charge in [0.2, 0.25) is 5.88 Å². The average molecular weight is 604 g/mol. The zero-order valence-electron chi connectivity index (χ0n) is 21.3. The second-order valence-electron chi connectivity index (χ2n) is 9.25. The zero-order chi connectivity index (χ0) is 30.7. The van der Waals surface area contributed by atoms with Crippen molar-refractivity contribution in [1.82, 2.24) is 14.1 Å². The molecule has 0 amide bonds. The zero-order valence-corrected chi connectivity index (χ0v) is 22.1. The molecular weight excluding hydrogens is 584 g/mol. The third-order valence-electron chi connectivity index (χ3n) is 6.85.